The van der Waals surface area contributed by atoms with E-state index in [1.165, 1.54) is 16.2 Å². The number of halogens is 1. The second-order valence-electron chi connectivity index (χ2n) is 9.48. The van der Waals surface area contributed by atoms with Gasteiger partial charge in [-0.05, 0) is 68.9 Å². The molecule has 5 nitrogen and oxygen atoms in total. The van der Waals surface area contributed by atoms with Crippen molar-refractivity contribution < 1.29 is 14.3 Å². The highest BCUT2D eigenvalue weighted by molar-refractivity contribution is 9.10. The Balaban J connectivity index is 1.58. The standard InChI is InChI=1S/C30H29BrN2O3S/c1-4-18-8-12-21-26(14-18)37-29(27(21)30(35)36-5-2)33-28(34)23-16-25(19-9-6-17(3)7-10-19)32-24-13-11-20(31)15-22(23)24/h6-7,9-11,13,15-16,18H,4-5,8,12,14H2,1-3H3,(H,33,34)/t18-/m0/s1. The summed E-state index contributed by atoms with van der Waals surface area (Å²) in [6.45, 7) is 6.34. The Labute approximate surface area is 229 Å². The highest BCUT2D eigenvalue weighted by Gasteiger charge is 2.30. The van der Waals surface area contributed by atoms with Gasteiger partial charge in [-0.15, -0.1) is 11.3 Å². The van der Waals surface area contributed by atoms with Crippen molar-refractivity contribution in [2.75, 3.05) is 11.9 Å². The van der Waals surface area contributed by atoms with Gasteiger partial charge in [0.2, 0.25) is 0 Å². The lowest BCUT2D eigenvalue weighted by Gasteiger charge is -2.20. The summed E-state index contributed by atoms with van der Waals surface area (Å²) >= 11 is 5.05. The summed E-state index contributed by atoms with van der Waals surface area (Å²) in [6.07, 6.45) is 3.91. The van der Waals surface area contributed by atoms with Gasteiger partial charge in [0.1, 0.15) is 5.00 Å². The van der Waals surface area contributed by atoms with Gasteiger partial charge in [-0.25, -0.2) is 9.78 Å². The first kappa shape index (κ1) is 25.6. The maximum Gasteiger partial charge on any atom is 0.341 e. The summed E-state index contributed by atoms with van der Waals surface area (Å²) in [5, 5.41) is 4.41. The van der Waals surface area contributed by atoms with E-state index in [-0.39, 0.29) is 18.5 Å². The highest BCUT2D eigenvalue weighted by atomic mass is 79.9. The van der Waals surface area contributed by atoms with Gasteiger partial charge in [0, 0.05) is 20.3 Å². The van der Waals surface area contributed by atoms with Crippen molar-refractivity contribution in [3.05, 3.63) is 80.1 Å². The minimum absolute atomic E-state index is 0.268. The first-order chi connectivity index (χ1) is 17.9. The molecule has 1 aliphatic carbocycles. The lowest BCUT2D eigenvalue weighted by Crippen LogP contribution is -2.17. The molecule has 37 heavy (non-hydrogen) atoms. The van der Waals surface area contributed by atoms with Crippen molar-refractivity contribution in [3.63, 3.8) is 0 Å². The van der Waals surface area contributed by atoms with Crippen LogP contribution in [0.15, 0.2) is 53.0 Å². The van der Waals surface area contributed by atoms with E-state index in [4.69, 9.17) is 9.72 Å². The fourth-order valence-electron chi connectivity index (χ4n) is 4.94. The minimum Gasteiger partial charge on any atom is -0.462 e. The number of esters is 1. The van der Waals surface area contributed by atoms with Gasteiger partial charge in [-0.2, -0.15) is 0 Å². The van der Waals surface area contributed by atoms with Gasteiger partial charge in [0.15, 0.2) is 0 Å². The van der Waals surface area contributed by atoms with Gasteiger partial charge >= 0.3 is 5.97 Å². The third kappa shape index (κ3) is 5.20. The number of amides is 1. The molecule has 0 bridgehead atoms. The molecular formula is C30H29BrN2O3S. The van der Waals surface area contributed by atoms with Crippen LogP contribution in [0.2, 0.25) is 0 Å². The Morgan fingerprint density at radius 3 is 2.65 bits per heavy atom. The molecule has 0 fully saturated rings. The molecule has 0 radical (unpaired) electrons. The largest absolute Gasteiger partial charge is 0.462 e. The van der Waals surface area contributed by atoms with Crippen LogP contribution < -0.4 is 5.32 Å². The number of nitrogens with zero attached hydrogens (tertiary/aromatic N) is 1. The van der Waals surface area contributed by atoms with Crippen molar-refractivity contribution in [2.45, 2.75) is 46.5 Å². The topological polar surface area (TPSA) is 68.3 Å². The van der Waals surface area contributed by atoms with Crippen LogP contribution >= 0.6 is 27.3 Å². The molecule has 190 valence electrons. The Hall–Kier alpha value is -3.03. The van der Waals surface area contributed by atoms with Gasteiger partial charge in [0.25, 0.3) is 5.91 Å². The number of rotatable bonds is 6. The van der Waals surface area contributed by atoms with Crippen LogP contribution in [-0.2, 0) is 17.6 Å². The van der Waals surface area contributed by atoms with Gasteiger partial charge in [0.05, 0.1) is 28.9 Å². The molecule has 0 unspecified atom stereocenters. The van der Waals surface area contributed by atoms with Crippen LogP contribution in [0.4, 0.5) is 5.00 Å². The molecule has 4 aromatic rings. The molecule has 7 heteroatoms. The van der Waals surface area contributed by atoms with E-state index in [2.05, 4.69) is 28.2 Å². The van der Waals surface area contributed by atoms with Crippen molar-refractivity contribution in [1.82, 2.24) is 4.98 Å². The van der Waals surface area contributed by atoms with E-state index < -0.39 is 0 Å². The van der Waals surface area contributed by atoms with Crippen LogP contribution in [-0.4, -0.2) is 23.5 Å². The van der Waals surface area contributed by atoms with E-state index in [1.807, 2.05) is 55.5 Å². The zero-order chi connectivity index (χ0) is 26.1. The third-order valence-corrected chi connectivity index (χ3v) is 8.68. The number of hydrogen-bond donors (Lipinski definition) is 1. The number of carbonyl (C=O) groups is 2. The molecule has 1 N–H and O–H groups in total. The van der Waals surface area contributed by atoms with Crippen molar-refractivity contribution >= 4 is 55.0 Å². The summed E-state index contributed by atoms with van der Waals surface area (Å²) in [4.78, 5) is 32.9. The minimum atomic E-state index is -0.368. The number of hydrogen-bond acceptors (Lipinski definition) is 5. The zero-order valence-corrected chi connectivity index (χ0v) is 23.6. The number of fused-ring (bicyclic) bond motifs is 2. The summed E-state index contributed by atoms with van der Waals surface area (Å²) in [5.41, 5.74) is 5.61. The van der Waals surface area contributed by atoms with Crippen LogP contribution in [0.25, 0.3) is 22.2 Å². The summed E-state index contributed by atoms with van der Waals surface area (Å²) < 4.78 is 6.27. The number of nitrogens with one attached hydrogen (secondary N) is 1. The summed E-state index contributed by atoms with van der Waals surface area (Å²) in [6, 6.07) is 15.7. The van der Waals surface area contributed by atoms with E-state index in [0.29, 0.717) is 22.0 Å². The average Bonchev–Trinajstić information content (AvgIpc) is 3.25. The molecule has 0 saturated heterocycles. The van der Waals surface area contributed by atoms with Gasteiger partial charge in [-0.1, -0.05) is 59.1 Å². The van der Waals surface area contributed by atoms with Crippen LogP contribution in [0.3, 0.4) is 0 Å². The second kappa shape index (κ2) is 10.8. The first-order valence-corrected chi connectivity index (χ1v) is 14.3. The summed E-state index contributed by atoms with van der Waals surface area (Å²) in [5.74, 6) is -0.0359. The van der Waals surface area contributed by atoms with Crippen molar-refractivity contribution in [1.29, 1.82) is 0 Å². The monoisotopic (exact) mass is 576 g/mol. The number of carbonyl (C=O) groups excluding carboxylic acids is 2. The lowest BCUT2D eigenvalue weighted by atomic mass is 9.85. The van der Waals surface area contributed by atoms with Gasteiger partial charge in [-0.3, -0.25) is 4.79 Å². The van der Waals surface area contributed by atoms with E-state index in [9.17, 15) is 9.59 Å². The second-order valence-corrected chi connectivity index (χ2v) is 11.5. The van der Waals surface area contributed by atoms with Crippen LogP contribution in [0.5, 0.6) is 0 Å². The summed E-state index contributed by atoms with van der Waals surface area (Å²) in [7, 11) is 0. The SMILES string of the molecule is CCOC(=O)c1c(NC(=O)c2cc(-c3ccc(C)cc3)nc3ccc(Br)cc23)sc2c1CC[C@H](CC)C2. The number of aromatic nitrogens is 1. The predicted molar refractivity (Wildman–Crippen MR) is 154 cm³/mol. The molecule has 2 aromatic heterocycles. The number of aryl methyl sites for hydroxylation is 1. The van der Waals surface area contributed by atoms with Crippen LogP contribution in [0, 0.1) is 12.8 Å². The molecule has 1 aliphatic rings. The Morgan fingerprint density at radius 1 is 1.14 bits per heavy atom. The number of thiophene rings is 1. The molecule has 1 amide bonds. The Morgan fingerprint density at radius 2 is 1.92 bits per heavy atom. The van der Waals surface area contributed by atoms with Gasteiger partial charge < -0.3 is 10.1 Å². The quantitative estimate of drug-likeness (QED) is 0.236. The Kier molecular flexibility index (Phi) is 7.45. The number of pyridine rings is 1. The average molecular weight is 578 g/mol. The molecule has 0 saturated carbocycles. The van der Waals surface area contributed by atoms with E-state index in [1.54, 1.807) is 6.92 Å². The smallest absolute Gasteiger partial charge is 0.341 e. The van der Waals surface area contributed by atoms with Crippen molar-refractivity contribution in [3.8, 4) is 11.3 Å². The number of anilines is 1. The molecule has 2 heterocycles. The Bertz CT molecular complexity index is 1490. The van der Waals surface area contributed by atoms with Crippen LogP contribution in [0.1, 0.15) is 63.4 Å². The van der Waals surface area contributed by atoms with Crippen molar-refractivity contribution in [2.24, 2.45) is 5.92 Å². The molecule has 0 aliphatic heterocycles. The fourth-order valence-corrected chi connectivity index (χ4v) is 6.64. The molecule has 5 rings (SSSR count). The maximum atomic E-state index is 13.8. The lowest BCUT2D eigenvalue weighted by molar-refractivity contribution is 0.0526. The predicted octanol–water partition coefficient (Wildman–Crippen LogP) is 7.98. The van der Waals surface area contributed by atoms with E-state index >= 15 is 0 Å². The normalized spacial score (nSPS) is 14.9. The molecule has 0 spiro atoms. The molecule has 1 atom stereocenters. The van der Waals surface area contributed by atoms with E-state index in [0.717, 1.165) is 63.4 Å². The fraction of sp³-hybridized carbons (Fsp3) is 0.300. The maximum absolute atomic E-state index is 13.8. The first-order valence-electron chi connectivity index (χ1n) is 12.7. The highest BCUT2D eigenvalue weighted by Crippen LogP contribution is 2.41. The molecular weight excluding hydrogens is 548 g/mol. The zero-order valence-electron chi connectivity index (χ0n) is 21.2. The number of benzene rings is 2. The number of ether oxygens (including phenoxy) is 1. The third-order valence-electron chi connectivity index (χ3n) is 7.01. The molecule has 2 aromatic carbocycles.